The predicted molar refractivity (Wildman–Crippen MR) is 105 cm³/mol. The first-order chi connectivity index (χ1) is 13.9. The molecule has 5 nitrogen and oxygen atoms in total. The standard InChI is InChI=1S/C22H29F3N2O3/c1-21(2,3)20(30)26-9-5-7-15(12-26)19(29)27-13-17(28)11-18(27)14-6-4-8-16(10-14)22(23,24)25/h4,6,8,10,15,17-18,28H,5,7,9,11-13H2,1-3H3/t15-,17-,18+/m0/s1. The molecule has 166 valence electrons. The number of carbonyl (C=O) groups excluding carboxylic acids is 2. The zero-order chi connectivity index (χ0) is 22.3. The number of nitrogens with zero attached hydrogens (tertiary/aromatic N) is 2. The molecule has 0 saturated carbocycles. The monoisotopic (exact) mass is 426 g/mol. The zero-order valence-electron chi connectivity index (χ0n) is 17.6. The van der Waals surface area contributed by atoms with Crippen molar-refractivity contribution in [3.8, 4) is 0 Å². The highest BCUT2D eigenvalue weighted by molar-refractivity contribution is 5.84. The number of piperidine rings is 1. The molecule has 2 saturated heterocycles. The highest BCUT2D eigenvalue weighted by Crippen LogP contribution is 2.37. The molecule has 2 fully saturated rings. The molecule has 1 N–H and O–H groups in total. The lowest BCUT2D eigenvalue weighted by molar-refractivity contribution is -0.145. The van der Waals surface area contributed by atoms with Gasteiger partial charge in [-0.05, 0) is 37.0 Å². The topological polar surface area (TPSA) is 60.9 Å². The molecule has 2 heterocycles. The van der Waals surface area contributed by atoms with E-state index >= 15 is 0 Å². The van der Waals surface area contributed by atoms with Gasteiger partial charge in [0, 0.05) is 25.0 Å². The molecule has 2 aliphatic rings. The minimum atomic E-state index is -4.47. The third-order valence-corrected chi connectivity index (χ3v) is 5.86. The average Bonchev–Trinajstić information content (AvgIpc) is 3.07. The van der Waals surface area contributed by atoms with Gasteiger partial charge in [-0.2, -0.15) is 13.2 Å². The highest BCUT2D eigenvalue weighted by atomic mass is 19.4. The fraction of sp³-hybridized carbons (Fsp3) is 0.636. The van der Waals surface area contributed by atoms with Gasteiger partial charge in [0.2, 0.25) is 11.8 Å². The van der Waals surface area contributed by atoms with Crippen molar-refractivity contribution in [1.29, 1.82) is 0 Å². The summed E-state index contributed by atoms with van der Waals surface area (Å²) in [5, 5.41) is 10.2. The Morgan fingerprint density at radius 1 is 1.13 bits per heavy atom. The maximum Gasteiger partial charge on any atom is 0.416 e. The van der Waals surface area contributed by atoms with Crippen LogP contribution in [0.1, 0.15) is 57.2 Å². The van der Waals surface area contributed by atoms with Crippen molar-refractivity contribution in [1.82, 2.24) is 9.80 Å². The second kappa shape index (κ2) is 8.21. The average molecular weight is 426 g/mol. The largest absolute Gasteiger partial charge is 0.416 e. The summed E-state index contributed by atoms with van der Waals surface area (Å²) in [6, 6.07) is 4.34. The summed E-state index contributed by atoms with van der Waals surface area (Å²) >= 11 is 0. The fourth-order valence-corrected chi connectivity index (χ4v) is 4.37. The van der Waals surface area contributed by atoms with Gasteiger partial charge >= 0.3 is 6.18 Å². The van der Waals surface area contributed by atoms with E-state index in [0.717, 1.165) is 12.1 Å². The van der Waals surface area contributed by atoms with E-state index in [4.69, 9.17) is 0 Å². The van der Waals surface area contributed by atoms with Gasteiger partial charge in [0.15, 0.2) is 0 Å². The van der Waals surface area contributed by atoms with Crippen LogP contribution in [0.25, 0.3) is 0 Å². The van der Waals surface area contributed by atoms with Gasteiger partial charge in [0.1, 0.15) is 0 Å². The summed E-state index contributed by atoms with van der Waals surface area (Å²) < 4.78 is 39.4. The molecular weight excluding hydrogens is 397 g/mol. The highest BCUT2D eigenvalue weighted by Gasteiger charge is 2.41. The van der Waals surface area contributed by atoms with Crippen LogP contribution >= 0.6 is 0 Å². The van der Waals surface area contributed by atoms with Crippen molar-refractivity contribution in [3.05, 3.63) is 35.4 Å². The number of rotatable bonds is 2. The molecule has 0 unspecified atom stereocenters. The van der Waals surface area contributed by atoms with Crippen LogP contribution in [0.2, 0.25) is 0 Å². The molecule has 0 aromatic heterocycles. The predicted octanol–water partition coefficient (Wildman–Crippen LogP) is 3.62. The fourth-order valence-electron chi connectivity index (χ4n) is 4.37. The Hall–Kier alpha value is -2.09. The van der Waals surface area contributed by atoms with E-state index in [1.807, 2.05) is 20.8 Å². The van der Waals surface area contributed by atoms with Gasteiger partial charge in [0.25, 0.3) is 0 Å². The molecule has 0 bridgehead atoms. The Bertz CT molecular complexity index is 804. The zero-order valence-corrected chi connectivity index (χ0v) is 17.6. The second-order valence-corrected chi connectivity index (χ2v) is 9.36. The third kappa shape index (κ3) is 4.79. The molecule has 0 spiro atoms. The molecule has 1 aromatic rings. The van der Waals surface area contributed by atoms with Crippen LogP contribution in [-0.4, -0.2) is 52.5 Å². The molecule has 8 heteroatoms. The van der Waals surface area contributed by atoms with Crippen molar-refractivity contribution in [2.45, 2.75) is 58.4 Å². The molecule has 1 aromatic carbocycles. The van der Waals surface area contributed by atoms with Crippen molar-refractivity contribution >= 4 is 11.8 Å². The Balaban J connectivity index is 1.80. The number of likely N-dealkylation sites (tertiary alicyclic amines) is 2. The molecule has 0 aliphatic carbocycles. The molecular formula is C22H29F3N2O3. The summed E-state index contributed by atoms with van der Waals surface area (Å²) in [5.74, 6) is -0.639. The lowest BCUT2D eigenvalue weighted by atomic mass is 9.90. The number of β-amino-alcohol motifs (C(OH)–C–C–N with tert-alkyl or cyclic N) is 1. The maximum atomic E-state index is 13.3. The number of halogens is 3. The molecule has 3 rings (SSSR count). The van der Waals surface area contributed by atoms with Gasteiger partial charge in [-0.15, -0.1) is 0 Å². The Labute approximate surface area is 174 Å². The first kappa shape index (κ1) is 22.6. The van der Waals surface area contributed by atoms with E-state index in [-0.39, 0.29) is 24.8 Å². The van der Waals surface area contributed by atoms with Crippen molar-refractivity contribution in [2.24, 2.45) is 11.3 Å². The Morgan fingerprint density at radius 2 is 1.83 bits per heavy atom. The van der Waals surface area contributed by atoms with E-state index < -0.39 is 35.2 Å². The molecule has 2 amide bonds. The first-order valence-corrected chi connectivity index (χ1v) is 10.3. The summed E-state index contributed by atoms with van der Waals surface area (Å²) in [7, 11) is 0. The van der Waals surface area contributed by atoms with Crippen LogP contribution in [0.15, 0.2) is 24.3 Å². The van der Waals surface area contributed by atoms with Crippen molar-refractivity contribution in [3.63, 3.8) is 0 Å². The molecule has 0 radical (unpaired) electrons. The maximum absolute atomic E-state index is 13.3. The second-order valence-electron chi connectivity index (χ2n) is 9.36. The van der Waals surface area contributed by atoms with Crippen LogP contribution in [0.3, 0.4) is 0 Å². The first-order valence-electron chi connectivity index (χ1n) is 10.3. The van der Waals surface area contributed by atoms with Crippen molar-refractivity contribution < 1.29 is 27.9 Å². The van der Waals surface area contributed by atoms with Crippen LogP contribution in [0.4, 0.5) is 13.2 Å². The quantitative estimate of drug-likeness (QED) is 0.786. The van der Waals surface area contributed by atoms with Gasteiger partial charge in [0.05, 0.1) is 23.6 Å². The Morgan fingerprint density at radius 3 is 2.47 bits per heavy atom. The molecule has 3 atom stereocenters. The minimum Gasteiger partial charge on any atom is -0.391 e. The number of aliphatic hydroxyl groups excluding tert-OH is 1. The number of aliphatic hydroxyl groups is 1. The Kier molecular flexibility index (Phi) is 6.18. The van der Waals surface area contributed by atoms with E-state index in [1.165, 1.54) is 11.0 Å². The van der Waals surface area contributed by atoms with E-state index in [9.17, 15) is 27.9 Å². The number of alkyl halides is 3. The van der Waals surface area contributed by atoms with Crippen LogP contribution in [0, 0.1) is 11.3 Å². The third-order valence-electron chi connectivity index (χ3n) is 5.86. The summed E-state index contributed by atoms with van der Waals surface area (Å²) in [4.78, 5) is 29.1. The summed E-state index contributed by atoms with van der Waals surface area (Å²) in [6.07, 6.45) is -3.74. The SMILES string of the molecule is CC(C)(C)C(=O)N1CCC[C@H](C(=O)N2C[C@@H](O)C[C@@H]2c2cccc(C(F)(F)F)c2)C1. The molecule has 30 heavy (non-hydrogen) atoms. The van der Waals surface area contributed by atoms with Crippen LogP contribution in [0.5, 0.6) is 0 Å². The number of carbonyl (C=O) groups is 2. The van der Waals surface area contributed by atoms with Gasteiger partial charge in [-0.3, -0.25) is 9.59 Å². The minimum absolute atomic E-state index is 0.0177. The lowest BCUT2D eigenvalue weighted by Gasteiger charge is -2.38. The normalized spacial score (nSPS) is 25.5. The van der Waals surface area contributed by atoms with Crippen LogP contribution < -0.4 is 0 Å². The number of hydrogen-bond donors (Lipinski definition) is 1. The summed E-state index contributed by atoms with van der Waals surface area (Å²) in [6.45, 7) is 6.49. The number of hydrogen-bond acceptors (Lipinski definition) is 3. The smallest absolute Gasteiger partial charge is 0.391 e. The summed E-state index contributed by atoms with van der Waals surface area (Å²) in [5.41, 5.74) is -0.948. The molecule has 2 aliphatic heterocycles. The van der Waals surface area contributed by atoms with Gasteiger partial charge in [-0.1, -0.05) is 32.9 Å². The van der Waals surface area contributed by atoms with E-state index in [2.05, 4.69) is 0 Å². The van der Waals surface area contributed by atoms with E-state index in [1.54, 1.807) is 11.0 Å². The van der Waals surface area contributed by atoms with Gasteiger partial charge < -0.3 is 14.9 Å². The number of amides is 2. The van der Waals surface area contributed by atoms with Crippen molar-refractivity contribution in [2.75, 3.05) is 19.6 Å². The lowest BCUT2D eigenvalue weighted by Crippen LogP contribution is -2.49. The van der Waals surface area contributed by atoms with Gasteiger partial charge in [-0.25, -0.2) is 0 Å². The van der Waals surface area contributed by atoms with Crippen LogP contribution in [-0.2, 0) is 15.8 Å². The van der Waals surface area contributed by atoms with E-state index in [0.29, 0.717) is 31.5 Å². The number of benzene rings is 1.